The second-order valence-electron chi connectivity index (χ2n) is 6.81. The van der Waals surface area contributed by atoms with E-state index < -0.39 is 5.60 Å². The van der Waals surface area contributed by atoms with Gasteiger partial charge in [0.2, 0.25) is 5.91 Å². The first kappa shape index (κ1) is 17.5. The zero-order valence-electron chi connectivity index (χ0n) is 13.9. The maximum absolute atomic E-state index is 12.2. The average molecular weight is 318 g/mol. The quantitative estimate of drug-likeness (QED) is 0.754. The van der Waals surface area contributed by atoms with E-state index in [-0.39, 0.29) is 18.2 Å². The Labute approximate surface area is 137 Å². The van der Waals surface area contributed by atoms with Crippen molar-refractivity contribution < 1.29 is 14.7 Å². The number of anilines is 1. The number of benzene rings is 1. The van der Waals surface area contributed by atoms with E-state index >= 15 is 0 Å². The maximum Gasteiger partial charge on any atom is 0.253 e. The molecule has 0 radical (unpaired) electrons. The number of carbonyl (C=O) groups excluding carboxylic acids is 2. The molecule has 1 aromatic rings. The van der Waals surface area contributed by atoms with Gasteiger partial charge in [-0.15, -0.1) is 0 Å². The fourth-order valence-electron chi connectivity index (χ4n) is 2.89. The monoisotopic (exact) mass is 318 g/mol. The van der Waals surface area contributed by atoms with Gasteiger partial charge in [0.15, 0.2) is 0 Å². The molecular formula is C18H26N2O3. The normalized spacial score (nSPS) is 16.3. The van der Waals surface area contributed by atoms with Gasteiger partial charge in [-0.3, -0.25) is 9.59 Å². The summed E-state index contributed by atoms with van der Waals surface area (Å²) in [4.78, 5) is 24.5. The highest BCUT2D eigenvalue weighted by atomic mass is 16.3. The topological polar surface area (TPSA) is 78.4 Å². The molecule has 2 amide bonds. The summed E-state index contributed by atoms with van der Waals surface area (Å²) < 4.78 is 0. The van der Waals surface area contributed by atoms with E-state index in [9.17, 15) is 14.7 Å². The van der Waals surface area contributed by atoms with Crippen LogP contribution in [0.5, 0.6) is 0 Å². The van der Waals surface area contributed by atoms with E-state index in [1.807, 2.05) is 13.8 Å². The van der Waals surface area contributed by atoms with Crippen LogP contribution in [0.25, 0.3) is 0 Å². The number of nitrogens with one attached hydrogen (secondary N) is 2. The Morgan fingerprint density at radius 3 is 2.52 bits per heavy atom. The standard InChI is InChI=1S/C18H26N2O3/c1-13(2)12-19-17(22)14-7-3-4-8-15(14)20-16(21)11-18(23)9-5-6-10-18/h3-4,7-8,13,23H,5-6,9-12H2,1-2H3,(H,19,22)(H,20,21). The maximum atomic E-state index is 12.2. The summed E-state index contributed by atoms with van der Waals surface area (Å²) in [7, 11) is 0. The molecule has 5 heteroatoms. The van der Waals surface area contributed by atoms with Crippen LogP contribution in [-0.4, -0.2) is 29.1 Å². The Hall–Kier alpha value is -1.88. The summed E-state index contributed by atoms with van der Waals surface area (Å²) in [6.07, 6.45) is 3.32. The first-order valence-electron chi connectivity index (χ1n) is 8.29. The molecule has 2 rings (SSSR count). The Bertz CT molecular complexity index is 563. The SMILES string of the molecule is CC(C)CNC(=O)c1ccccc1NC(=O)CC1(O)CCCC1. The van der Waals surface area contributed by atoms with Crippen molar-refractivity contribution in [2.45, 2.75) is 51.6 Å². The zero-order valence-corrected chi connectivity index (χ0v) is 13.9. The van der Waals surface area contributed by atoms with Crippen molar-refractivity contribution >= 4 is 17.5 Å². The third-order valence-electron chi connectivity index (χ3n) is 4.14. The molecule has 1 aliphatic rings. The molecule has 1 aliphatic carbocycles. The van der Waals surface area contributed by atoms with Crippen LogP contribution < -0.4 is 10.6 Å². The Morgan fingerprint density at radius 1 is 1.22 bits per heavy atom. The summed E-state index contributed by atoms with van der Waals surface area (Å²) in [6.45, 7) is 4.63. The fourth-order valence-corrected chi connectivity index (χ4v) is 2.89. The Kier molecular flexibility index (Phi) is 5.77. The van der Waals surface area contributed by atoms with Crippen molar-refractivity contribution in [2.24, 2.45) is 5.92 Å². The molecule has 1 fully saturated rings. The van der Waals surface area contributed by atoms with Gasteiger partial charge >= 0.3 is 0 Å². The molecule has 0 aliphatic heterocycles. The number of amides is 2. The molecule has 126 valence electrons. The Balaban J connectivity index is 2.02. The highest BCUT2D eigenvalue weighted by Gasteiger charge is 2.33. The highest BCUT2D eigenvalue weighted by Crippen LogP contribution is 2.32. The molecule has 23 heavy (non-hydrogen) atoms. The molecule has 0 unspecified atom stereocenters. The van der Waals surface area contributed by atoms with Crippen molar-refractivity contribution in [3.05, 3.63) is 29.8 Å². The number of para-hydroxylation sites is 1. The smallest absolute Gasteiger partial charge is 0.253 e. The third kappa shape index (κ3) is 5.06. The molecular weight excluding hydrogens is 292 g/mol. The molecule has 1 saturated carbocycles. The van der Waals surface area contributed by atoms with Gasteiger partial charge in [-0.2, -0.15) is 0 Å². The van der Waals surface area contributed by atoms with Gasteiger partial charge in [-0.25, -0.2) is 0 Å². The molecule has 3 N–H and O–H groups in total. The van der Waals surface area contributed by atoms with Gasteiger partial charge in [0.25, 0.3) is 5.91 Å². The van der Waals surface area contributed by atoms with Crippen LogP contribution in [0, 0.1) is 5.92 Å². The van der Waals surface area contributed by atoms with Gasteiger partial charge in [-0.05, 0) is 30.9 Å². The van der Waals surface area contributed by atoms with Crippen LogP contribution in [0.4, 0.5) is 5.69 Å². The first-order valence-corrected chi connectivity index (χ1v) is 8.29. The molecule has 0 heterocycles. The summed E-state index contributed by atoms with van der Waals surface area (Å²) >= 11 is 0. The van der Waals surface area contributed by atoms with E-state index in [1.54, 1.807) is 24.3 Å². The van der Waals surface area contributed by atoms with Crippen LogP contribution in [0.15, 0.2) is 24.3 Å². The molecule has 0 atom stereocenters. The first-order chi connectivity index (χ1) is 10.9. The van der Waals surface area contributed by atoms with Gasteiger partial charge in [0.05, 0.1) is 23.3 Å². The van der Waals surface area contributed by atoms with Crippen LogP contribution in [-0.2, 0) is 4.79 Å². The van der Waals surface area contributed by atoms with Gasteiger partial charge in [-0.1, -0.05) is 38.8 Å². The second-order valence-corrected chi connectivity index (χ2v) is 6.81. The minimum absolute atomic E-state index is 0.0783. The lowest BCUT2D eigenvalue weighted by Gasteiger charge is -2.21. The third-order valence-corrected chi connectivity index (χ3v) is 4.14. The number of rotatable bonds is 6. The highest BCUT2D eigenvalue weighted by molar-refractivity contribution is 6.03. The van der Waals surface area contributed by atoms with Crippen LogP contribution >= 0.6 is 0 Å². The minimum Gasteiger partial charge on any atom is -0.389 e. The molecule has 0 bridgehead atoms. The van der Waals surface area contributed by atoms with E-state index in [0.717, 1.165) is 12.8 Å². The molecule has 0 saturated heterocycles. The summed E-state index contributed by atoms with van der Waals surface area (Å²) in [5, 5.41) is 15.9. The van der Waals surface area contributed by atoms with E-state index in [4.69, 9.17) is 0 Å². The van der Waals surface area contributed by atoms with Gasteiger partial charge in [0, 0.05) is 6.54 Å². The lowest BCUT2D eigenvalue weighted by atomic mass is 9.97. The number of hydrogen-bond acceptors (Lipinski definition) is 3. The molecule has 5 nitrogen and oxygen atoms in total. The predicted molar refractivity (Wildman–Crippen MR) is 90.3 cm³/mol. The summed E-state index contributed by atoms with van der Waals surface area (Å²) in [6, 6.07) is 6.94. The van der Waals surface area contributed by atoms with Crippen LogP contribution in [0.1, 0.15) is 56.3 Å². The van der Waals surface area contributed by atoms with Gasteiger partial charge in [0.1, 0.15) is 0 Å². The minimum atomic E-state index is -0.890. The van der Waals surface area contributed by atoms with E-state index in [1.165, 1.54) is 0 Å². The van der Waals surface area contributed by atoms with Crippen molar-refractivity contribution in [3.8, 4) is 0 Å². The lowest BCUT2D eigenvalue weighted by molar-refractivity contribution is -0.120. The average Bonchev–Trinajstić information content (AvgIpc) is 2.91. The molecule has 0 spiro atoms. The largest absolute Gasteiger partial charge is 0.389 e. The summed E-state index contributed by atoms with van der Waals surface area (Å²) in [5.41, 5.74) is 0.0408. The predicted octanol–water partition coefficient (Wildman–Crippen LogP) is 2.71. The zero-order chi connectivity index (χ0) is 16.9. The van der Waals surface area contributed by atoms with Gasteiger partial charge < -0.3 is 15.7 Å². The van der Waals surface area contributed by atoms with E-state index in [2.05, 4.69) is 10.6 Å². The van der Waals surface area contributed by atoms with Crippen molar-refractivity contribution in [1.82, 2.24) is 5.32 Å². The fraction of sp³-hybridized carbons (Fsp3) is 0.556. The van der Waals surface area contributed by atoms with E-state index in [0.29, 0.717) is 36.6 Å². The summed E-state index contributed by atoms with van der Waals surface area (Å²) in [5.74, 6) is -0.0926. The number of aliphatic hydroxyl groups is 1. The Morgan fingerprint density at radius 2 is 1.87 bits per heavy atom. The van der Waals surface area contributed by atoms with Crippen molar-refractivity contribution in [3.63, 3.8) is 0 Å². The molecule has 1 aromatic carbocycles. The van der Waals surface area contributed by atoms with Crippen LogP contribution in [0.2, 0.25) is 0 Å². The lowest BCUT2D eigenvalue weighted by Crippen LogP contribution is -2.32. The second kappa shape index (κ2) is 7.59. The number of carbonyl (C=O) groups is 2. The number of hydrogen-bond donors (Lipinski definition) is 3. The van der Waals surface area contributed by atoms with Crippen LogP contribution in [0.3, 0.4) is 0 Å². The van der Waals surface area contributed by atoms with Crippen molar-refractivity contribution in [2.75, 3.05) is 11.9 Å². The van der Waals surface area contributed by atoms with Crippen molar-refractivity contribution in [1.29, 1.82) is 0 Å². The molecule has 0 aromatic heterocycles.